The Bertz CT molecular complexity index is 754. The van der Waals surface area contributed by atoms with Gasteiger partial charge in [-0.3, -0.25) is 4.79 Å². The van der Waals surface area contributed by atoms with Gasteiger partial charge in [-0.05, 0) is 36.6 Å². The first-order valence-corrected chi connectivity index (χ1v) is 7.35. The summed E-state index contributed by atoms with van der Waals surface area (Å²) in [5, 5.41) is 9.08. The number of aromatic nitrogens is 1. The van der Waals surface area contributed by atoms with Crippen LogP contribution in [0.2, 0.25) is 0 Å². The summed E-state index contributed by atoms with van der Waals surface area (Å²) in [6.07, 6.45) is 0.881. The van der Waals surface area contributed by atoms with Gasteiger partial charge < -0.3 is 9.30 Å². The largest absolute Gasteiger partial charge is 0.497 e. The highest BCUT2D eigenvalue weighted by Gasteiger charge is 2.11. The lowest BCUT2D eigenvalue weighted by atomic mass is 10.1. The second kappa shape index (κ2) is 6.95. The van der Waals surface area contributed by atoms with E-state index < -0.39 is 0 Å². The SMILES string of the molecule is COc1cccc(-c2ccc(C#N)c(=O)n2CCC(C)C)c1. The van der Waals surface area contributed by atoms with Gasteiger partial charge in [0.2, 0.25) is 0 Å². The highest BCUT2D eigenvalue weighted by atomic mass is 16.5. The molecular formula is C18H20N2O2. The number of hydrogen-bond acceptors (Lipinski definition) is 3. The third kappa shape index (κ3) is 3.37. The summed E-state index contributed by atoms with van der Waals surface area (Å²) in [6, 6.07) is 13.0. The molecule has 4 heteroatoms. The van der Waals surface area contributed by atoms with Gasteiger partial charge in [-0.25, -0.2) is 0 Å². The van der Waals surface area contributed by atoms with Gasteiger partial charge in [0.15, 0.2) is 0 Å². The van der Waals surface area contributed by atoms with Crippen LogP contribution in [0.4, 0.5) is 0 Å². The van der Waals surface area contributed by atoms with Crippen LogP contribution in [0.1, 0.15) is 25.8 Å². The number of benzene rings is 1. The van der Waals surface area contributed by atoms with Crippen LogP contribution >= 0.6 is 0 Å². The fraction of sp³-hybridized carbons (Fsp3) is 0.333. The van der Waals surface area contributed by atoms with Gasteiger partial charge in [0, 0.05) is 12.1 Å². The van der Waals surface area contributed by atoms with E-state index in [0.717, 1.165) is 23.4 Å². The van der Waals surface area contributed by atoms with Crippen LogP contribution in [0.15, 0.2) is 41.2 Å². The minimum absolute atomic E-state index is 0.176. The molecule has 0 amide bonds. The lowest BCUT2D eigenvalue weighted by Crippen LogP contribution is -2.24. The molecule has 0 radical (unpaired) electrons. The lowest BCUT2D eigenvalue weighted by Gasteiger charge is -2.15. The first-order chi connectivity index (χ1) is 10.6. The first-order valence-electron chi connectivity index (χ1n) is 7.35. The Morgan fingerprint density at radius 1 is 1.27 bits per heavy atom. The second-order valence-electron chi connectivity index (χ2n) is 5.62. The molecule has 2 aromatic rings. The van der Waals surface area contributed by atoms with E-state index in [9.17, 15) is 4.79 Å². The zero-order valence-corrected chi connectivity index (χ0v) is 13.2. The van der Waals surface area contributed by atoms with E-state index in [2.05, 4.69) is 13.8 Å². The van der Waals surface area contributed by atoms with Crippen molar-refractivity contribution < 1.29 is 4.74 Å². The number of rotatable bonds is 5. The van der Waals surface area contributed by atoms with Gasteiger partial charge in [0.25, 0.3) is 5.56 Å². The van der Waals surface area contributed by atoms with Crippen LogP contribution in [-0.4, -0.2) is 11.7 Å². The third-order valence-corrected chi connectivity index (χ3v) is 3.59. The molecule has 0 aliphatic rings. The Morgan fingerprint density at radius 2 is 2.05 bits per heavy atom. The molecule has 0 aliphatic heterocycles. The van der Waals surface area contributed by atoms with Crippen molar-refractivity contribution >= 4 is 0 Å². The molecule has 2 rings (SSSR count). The molecule has 0 spiro atoms. The number of pyridine rings is 1. The van der Waals surface area contributed by atoms with Crippen molar-refractivity contribution in [2.24, 2.45) is 5.92 Å². The summed E-state index contributed by atoms with van der Waals surface area (Å²) in [5.41, 5.74) is 1.66. The average Bonchev–Trinajstić information content (AvgIpc) is 2.53. The number of ether oxygens (including phenoxy) is 1. The molecule has 4 nitrogen and oxygen atoms in total. The summed E-state index contributed by atoms with van der Waals surface area (Å²) < 4.78 is 6.94. The van der Waals surface area contributed by atoms with Crippen molar-refractivity contribution in [3.05, 3.63) is 52.3 Å². The van der Waals surface area contributed by atoms with E-state index in [0.29, 0.717) is 12.5 Å². The topological polar surface area (TPSA) is 55.0 Å². The molecule has 22 heavy (non-hydrogen) atoms. The molecule has 0 saturated carbocycles. The molecular weight excluding hydrogens is 276 g/mol. The molecule has 0 aliphatic carbocycles. The molecule has 0 saturated heterocycles. The fourth-order valence-electron chi connectivity index (χ4n) is 2.31. The smallest absolute Gasteiger partial charge is 0.268 e. The van der Waals surface area contributed by atoms with E-state index in [-0.39, 0.29) is 11.1 Å². The molecule has 1 heterocycles. The molecule has 114 valence electrons. The first kappa shape index (κ1) is 15.8. The molecule has 0 atom stereocenters. The van der Waals surface area contributed by atoms with Crippen LogP contribution in [0, 0.1) is 17.2 Å². The minimum Gasteiger partial charge on any atom is -0.497 e. The fourth-order valence-corrected chi connectivity index (χ4v) is 2.31. The Morgan fingerprint density at radius 3 is 2.68 bits per heavy atom. The van der Waals surface area contributed by atoms with E-state index in [1.807, 2.05) is 36.4 Å². The maximum atomic E-state index is 12.5. The van der Waals surface area contributed by atoms with E-state index in [1.54, 1.807) is 17.7 Å². The predicted octanol–water partition coefficient (Wildman–Crippen LogP) is 3.44. The van der Waals surface area contributed by atoms with Crippen molar-refractivity contribution in [1.82, 2.24) is 4.57 Å². The van der Waals surface area contributed by atoms with Gasteiger partial charge >= 0.3 is 0 Å². The van der Waals surface area contributed by atoms with Crippen LogP contribution in [-0.2, 0) is 6.54 Å². The van der Waals surface area contributed by atoms with Crippen LogP contribution in [0.3, 0.4) is 0 Å². The Kier molecular flexibility index (Phi) is 5.00. The standard InChI is InChI=1S/C18H20N2O2/c1-13(2)9-10-20-17(8-7-15(12-19)18(20)21)14-5-4-6-16(11-14)22-3/h4-8,11,13H,9-10H2,1-3H3. The van der Waals surface area contributed by atoms with Gasteiger partial charge in [-0.2, -0.15) is 5.26 Å². The number of nitrogens with zero attached hydrogens (tertiary/aromatic N) is 2. The van der Waals surface area contributed by atoms with Crippen molar-refractivity contribution in [3.63, 3.8) is 0 Å². The molecule has 1 aromatic carbocycles. The number of hydrogen-bond donors (Lipinski definition) is 0. The molecule has 0 N–H and O–H groups in total. The van der Waals surface area contributed by atoms with Gasteiger partial charge in [-0.15, -0.1) is 0 Å². The molecule has 0 fully saturated rings. The molecule has 1 aromatic heterocycles. The van der Waals surface area contributed by atoms with Gasteiger partial charge in [-0.1, -0.05) is 26.0 Å². The van der Waals surface area contributed by atoms with Crippen LogP contribution in [0.25, 0.3) is 11.3 Å². The summed E-state index contributed by atoms with van der Waals surface area (Å²) in [4.78, 5) is 12.5. The highest BCUT2D eigenvalue weighted by molar-refractivity contribution is 5.62. The quantitative estimate of drug-likeness (QED) is 0.849. The predicted molar refractivity (Wildman–Crippen MR) is 86.9 cm³/mol. The normalized spacial score (nSPS) is 10.5. The van der Waals surface area contributed by atoms with E-state index >= 15 is 0 Å². The van der Waals surface area contributed by atoms with Crippen LogP contribution < -0.4 is 10.3 Å². The average molecular weight is 296 g/mol. The molecule has 0 bridgehead atoms. The van der Waals surface area contributed by atoms with E-state index in [1.165, 1.54) is 0 Å². The zero-order chi connectivity index (χ0) is 16.1. The molecule has 0 unspecified atom stereocenters. The summed E-state index contributed by atoms with van der Waals surface area (Å²) in [6.45, 7) is 4.83. The van der Waals surface area contributed by atoms with Crippen molar-refractivity contribution in [3.8, 4) is 23.1 Å². The van der Waals surface area contributed by atoms with E-state index in [4.69, 9.17) is 10.00 Å². The van der Waals surface area contributed by atoms with Crippen LogP contribution in [0.5, 0.6) is 5.75 Å². The Hall–Kier alpha value is -2.54. The van der Waals surface area contributed by atoms with Crippen molar-refractivity contribution in [2.45, 2.75) is 26.8 Å². The zero-order valence-electron chi connectivity index (χ0n) is 13.2. The van der Waals surface area contributed by atoms with Crippen molar-refractivity contribution in [2.75, 3.05) is 7.11 Å². The maximum absolute atomic E-state index is 12.5. The Labute approximate surface area is 130 Å². The third-order valence-electron chi connectivity index (χ3n) is 3.59. The second-order valence-corrected chi connectivity index (χ2v) is 5.62. The Balaban J connectivity index is 2.56. The monoisotopic (exact) mass is 296 g/mol. The highest BCUT2D eigenvalue weighted by Crippen LogP contribution is 2.23. The summed E-state index contributed by atoms with van der Waals surface area (Å²) in [5.74, 6) is 1.22. The maximum Gasteiger partial charge on any atom is 0.268 e. The van der Waals surface area contributed by atoms with Crippen molar-refractivity contribution in [1.29, 1.82) is 5.26 Å². The number of methoxy groups -OCH3 is 1. The summed E-state index contributed by atoms with van der Waals surface area (Å²) >= 11 is 0. The summed E-state index contributed by atoms with van der Waals surface area (Å²) in [7, 11) is 1.61. The lowest BCUT2D eigenvalue weighted by molar-refractivity contribution is 0.415. The number of nitriles is 1. The van der Waals surface area contributed by atoms with Gasteiger partial charge in [0.05, 0.1) is 12.8 Å². The minimum atomic E-state index is -0.233. The van der Waals surface area contributed by atoms with Gasteiger partial charge in [0.1, 0.15) is 17.4 Å².